The highest BCUT2D eigenvalue weighted by Crippen LogP contribution is 2.15. The molecule has 2 amide bonds. The summed E-state index contributed by atoms with van der Waals surface area (Å²) in [6.07, 6.45) is 0. The molecule has 0 saturated carbocycles. The molecule has 0 bridgehead atoms. The lowest BCUT2D eigenvalue weighted by Gasteiger charge is -2.12. The second-order valence-electron chi connectivity index (χ2n) is 6.09. The second kappa shape index (κ2) is 8.96. The molecule has 2 aromatic carbocycles. The first-order chi connectivity index (χ1) is 12.3. The number of ether oxygens (including phenoxy) is 1. The van der Waals surface area contributed by atoms with E-state index in [-0.39, 0.29) is 11.0 Å². The Balaban J connectivity index is 1.98. The van der Waals surface area contributed by atoms with E-state index in [4.69, 9.17) is 22.7 Å². The number of amides is 2. The van der Waals surface area contributed by atoms with Crippen molar-refractivity contribution in [1.29, 1.82) is 0 Å². The molecule has 0 aliphatic rings. The Morgan fingerprint density at radius 3 is 2.50 bits per heavy atom. The van der Waals surface area contributed by atoms with Crippen LogP contribution in [-0.4, -0.2) is 23.5 Å². The van der Waals surface area contributed by atoms with Crippen LogP contribution in [0.15, 0.2) is 48.5 Å². The zero-order chi connectivity index (χ0) is 19.1. The van der Waals surface area contributed by atoms with Crippen molar-refractivity contribution in [2.45, 2.75) is 13.8 Å². The SMILES string of the molecule is CC(C)COc1cccc(C(=O)NC(=S)Nc2cccc(C(N)=O)c2)c1. The summed E-state index contributed by atoms with van der Waals surface area (Å²) in [5.74, 6) is 0.116. The minimum Gasteiger partial charge on any atom is -0.493 e. The van der Waals surface area contributed by atoms with Gasteiger partial charge in [-0.05, 0) is 54.5 Å². The number of carbonyl (C=O) groups is 2. The fraction of sp³-hybridized carbons (Fsp3) is 0.211. The Hall–Kier alpha value is -2.93. The van der Waals surface area contributed by atoms with Gasteiger partial charge in [-0.15, -0.1) is 0 Å². The van der Waals surface area contributed by atoms with Crippen molar-refractivity contribution in [3.63, 3.8) is 0 Å². The van der Waals surface area contributed by atoms with Crippen molar-refractivity contribution in [2.24, 2.45) is 11.7 Å². The summed E-state index contributed by atoms with van der Waals surface area (Å²) in [6, 6.07) is 13.4. The fourth-order valence-electron chi connectivity index (χ4n) is 2.08. The summed E-state index contributed by atoms with van der Waals surface area (Å²) in [4.78, 5) is 23.6. The molecule has 6 nitrogen and oxygen atoms in total. The summed E-state index contributed by atoms with van der Waals surface area (Å²) in [7, 11) is 0. The van der Waals surface area contributed by atoms with Crippen molar-refractivity contribution < 1.29 is 14.3 Å². The Morgan fingerprint density at radius 1 is 1.12 bits per heavy atom. The molecular weight excluding hydrogens is 350 g/mol. The molecule has 0 aliphatic carbocycles. The molecule has 0 spiro atoms. The lowest BCUT2D eigenvalue weighted by molar-refractivity contribution is 0.0974. The molecule has 26 heavy (non-hydrogen) atoms. The number of hydrogen-bond donors (Lipinski definition) is 3. The van der Waals surface area contributed by atoms with Crippen LogP contribution in [0.4, 0.5) is 5.69 Å². The second-order valence-corrected chi connectivity index (χ2v) is 6.49. The van der Waals surface area contributed by atoms with E-state index in [9.17, 15) is 9.59 Å². The van der Waals surface area contributed by atoms with E-state index < -0.39 is 5.91 Å². The van der Waals surface area contributed by atoms with Crippen molar-refractivity contribution in [3.8, 4) is 5.75 Å². The molecule has 2 aromatic rings. The van der Waals surface area contributed by atoms with E-state index in [0.29, 0.717) is 35.1 Å². The maximum absolute atomic E-state index is 12.3. The van der Waals surface area contributed by atoms with Gasteiger partial charge in [0.1, 0.15) is 5.75 Å². The van der Waals surface area contributed by atoms with Gasteiger partial charge in [0.15, 0.2) is 5.11 Å². The summed E-state index contributed by atoms with van der Waals surface area (Å²) < 4.78 is 5.62. The van der Waals surface area contributed by atoms with Crippen LogP contribution in [-0.2, 0) is 0 Å². The highest BCUT2D eigenvalue weighted by molar-refractivity contribution is 7.80. The third-order valence-corrected chi connectivity index (χ3v) is 3.52. The molecule has 0 atom stereocenters. The summed E-state index contributed by atoms with van der Waals surface area (Å²) in [5, 5.41) is 5.56. The number of thiocarbonyl (C=S) groups is 1. The Morgan fingerprint density at radius 2 is 1.81 bits per heavy atom. The van der Waals surface area contributed by atoms with Crippen molar-refractivity contribution in [3.05, 3.63) is 59.7 Å². The van der Waals surface area contributed by atoms with Crippen LogP contribution >= 0.6 is 12.2 Å². The highest BCUT2D eigenvalue weighted by Gasteiger charge is 2.10. The normalized spacial score (nSPS) is 10.3. The number of primary amides is 1. The van der Waals surface area contributed by atoms with Gasteiger partial charge in [0.2, 0.25) is 5.91 Å². The van der Waals surface area contributed by atoms with Gasteiger partial charge in [0.05, 0.1) is 6.61 Å². The quantitative estimate of drug-likeness (QED) is 0.679. The average Bonchev–Trinajstić information content (AvgIpc) is 2.60. The fourth-order valence-corrected chi connectivity index (χ4v) is 2.29. The first-order valence-corrected chi connectivity index (χ1v) is 8.51. The maximum Gasteiger partial charge on any atom is 0.257 e. The average molecular weight is 371 g/mol. The first kappa shape index (κ1) is 19.4. The van der Waals surface area contributed by atoms with Gasteiger partial charge in [-0.2, -0.15) is 0 Å². The lowest BCUT2D eigenvalue weighted by Crippen LogP contribution is -2.34. The van der Waals surface area contributed by atoms with Gasteiger partial charge in [0, 0.05) is 16.8 Å². The predicted octanol–water partition coefficient (Wildman–Crippen LogP) is 2.95. The number of benzene rings is 2. The predicted molar refractivity (Wildman–Crippen MR) is 105 cm³/mol. The number of nitrogens with one attached hydrogen (secondary N) is 2. The monoisotopic (exact) mass is 371 g/mol. The van der Waals surface area contributed by atoms with E-state index in [2.05, 4.69) is 10.6 Å². The number of hydrogen-bond acceptors (Lipinski definition) is 4. The molecule has 0 fully saturated rings. The van der Waals surface area contributed by atoms with Crippen LogP contribution in [0.5, 0.6) is 5.75 Å². The number of anilines is 1. The smallest absolute Gasteiger partial charge is 0.257 e. The molecule has 7 heteroatoms. The first-order valence-electron chi connectivity index (χ1n) is 8.10. The zero-order valence-electron chi connectivity index (χ0n) is 14.6. The number of rotatable bonds is 6. The Bertz CT molecular complexity index is 821. The maximum atomic E-state index is 12.3. The van der Waals surface area contributed by atoms with Gasteiger partial charge in [-0.3, -0.25) is 14.9 Å². The van der Waals surface area contributed by atoms with Gasteiger partial charge in [-0.1, -0.05) is 26.0 Å². The topological polar surface area (TPSA) is 93.4 Å². The van der Waals surface area contributed by atoms with Gasteiger partial charge in [0.25, 0.3) is 5.91 Å². The largest absolute Gasteiger partial charge is 0.493 e. The van der Waals surface area contributed by atoms with E-state index in [0.717, 1.165) is 0 Å². The molecule has 4 N–H and O–H groups in total. The molecule has 0 saturated heterocycles. The minimum atomic E-state index is -0.540. The summed E-state index contributed by atoms with van der Waals surface area (Å²) in [5.41, 5.74) is 6.58. The molecule has 0 radical (unpaired) electrons. The van der Waals surface area contributed by atoms with Crippen LogP contribution < -0.4 is 21.1 Å². The van der Waals surface area contributed by atoms with E-state index in [1.807, 2.05) is 13.8 Å². The zero-order valence-corrected chi connectivity index (χ0v) is 15.4. The van der Waals surface area contributed by atoms with Crippen molar-refractivity contribution in [2.75, 3.05) is 11.9 Å². The minimum absolute atomic E-state index is 0.116. The summed E-state index contributed by atoms with van der Waals surface area (Å²) in [6.45, 7) is 4.67. The third-order valence-electron chi connectivity index (χ3n) is 3.31. The van der Waals surface area contributed by atoms with E-state index >= 15 is 0 Å². The standard InChI is InChI=1S/C19H21N3O3S/c1-12(2)11-25-16-8-4-6-14(10-16)18(24)22-19(26)21-15-7-3-5-13(9-15)17(20)23/h3-10,12H,11H2,1-2H3,(H2,20,23)(H2,21,22,24,26). The molecule has 0 heterocycles. The van der Waals surface area contributed by atoms with E-state index in [1.165, 1.54) is 0 Å². The van der Waals surface area contributed by atoms with Crippen LogP contribution in [0.1, 0.15) is 34.6 Å². The van der Waals surface area contributed by atoms with Crippen LogP contribution in [0.25, 0.3) is 0 Å². The molecule has 0 unspecified atom stereocenters. The number of nitrogens with two attached hydrogens (primary N) is 1. The number of carbonyl (C=O) groups excluding carboxylic acids is 2. The van der Waals surface area contributed by atoms with Crippen LogP contribution in [0.2, 0.25) is 0 Å². The van der Waals surface area contributed by atoms with Crippen LogP contribution in [0.3, 0.4) is 0 Å². The molecular formula is C19H21N3O3S. The van der Waals surface area contributed by atoms with Gasteiger partial charge >= 0.3 is 0 Å². The third kappa shape index (κ3) is 5.86. The summed E-state index contributed by atoms with van der Waals surface area (Å²) >= 11 is 5.15. The van der Waals surface area contributed by atoms with Gasteiger partial charge < -0.3 is 15.8 Å². The Kier molecular flexibility index (Phi) is 6.68. The molecule has 0 aromatic heterocycles. The Labute approximate surface area is 157 Å². The highest BCUT2D eigenvalue weighted by atomic mass is 32.1. The van der Waals surface area contributed by atoms with Crippen molar-refractivity contribution >= 4 is 34.8 Å². The lowest BCUT2D eigenvalue weighted by atomic mass is 10.2. The van der Waals surface area contributed by atoms with Crippen LogP contribution in [0, 0.1) is 5.92 Å². The van der Waals surface area contributed by atoms with Gasteiger partial charge in [-0.25, -0.2) is 0 Å². The van der Waals surface area contributed by atoms with Crippen molar-refractivity contribution in [1.82, 2.24) is 5.32 Å². The molecule has 2 rings (SSSR count). The van der Waals surface area contributed by atoms with E-state index in [1.54, 1.807) is 48.5 Å². The molecule has 136 valence electrons. The molecule has 0 aliphatic heterocycles.